The van der Waals surface area contributed by atoms with E-state index in [1.807, 2.05) is 6.07 Å². The van der Waals surface area contributed by atoms with Crippen LogP contribution >= 0.6 is 22.6 Å². The van der Waals surface area contributed by atoms with Crippen LogP contribution in [0.5, 0.6) is 5.75 Å². The lowest BCUT2D eigenvalue weighted by molar-refractivity contribution is -0.154. The normalized spacial score (nSPS) is 34.9. The number of nitrogens with zero attached hydrogens (tertiary/aromatic N) is 1. The molecule has 2 fully saturated rings. The van der Waals surface area contributed by atoms with E-state index < -0.39 is 11.2 Å². The summed E-state index contributed by atoms with van der Waals surface area (Å²) >= 11 is 2.12. The molecule has 1 aromatic carbocycles. The summed E-state index contributed by atoms with van der Waals surface area (Å²) in [4.78, 5) is 0. The molecule has 5 nitrogen and oxygen atoms in total. The molecule has 5 rings (SSSR count). The Balaban J connectivity index is 1.70. The fourth-order valence-corrected chi connectivity index (χ4v) is 5.44. The van der Waals surface area contributed by atoms with Gasteiger partial charge in [0.05, 0.1) is 34.5 Å². The fraction of sp³-hybridized carbons (Fsp3) is 0.500. The van der Waals surface area contributed by atoms with E-state index >= 15 is 0 Å². The third-order valence-electron chi connectivity index (χ3n) is 5.92. The number of ether oxygens (including phenoxy) is 3. The van der Waals surface area contributed by atoms with Crippen LogP contribution in [0.2, 0.25) is 0 Å². The number of hydrogen-bond acceptors (Lipinski definition) is 5. The van der Waals surface area contributed by atoms with Gasteiger partial charge < -0.3 is 19.3 Å². The number of hydrogen-bond donors (Lipinski definition) is 1. The summed E-state index contributed by atoms with van der Waals surface area (Å²) in [6.07, 6.45) is 3.69. The molecule has 4 aliphatic rings. The smallest absolute Gasteiger partial charge is 0.194 e. The Kier molecular flexibility index (Phi) is 3.04. The summed E-state index contributed by atoms with van der Waals surface area (Å²) in [6.45, 7) is 1.15. The second kappa shape index (κ2) is 4.87. The summed E-state index contributed by atoms with van der Waals surface area (Å²) in [6, 6.07) is 6.34. The van der Waals surface area contributed by atoms with Crippen molar-refractivity contribution in [2.45, 2.75) is 36.6 Å². The lowest BCUT2D eigenvalue weighted by Gasteiger charge is -2.49. The first-order valence-electron chi connectivity index (χ1n) is 8.17. The molecule has 1 aromatic rings. The van der Waals surface area contributed by atoms with Crippen molar-refractivity contribution in [1.29, 1.82) is 5.26 Å². The predicted octanol–water partition coefficient (Wildman–Crippen LogP) is 2.75. The molecular formula is C18H16INO4. The Labute approximate surface area is 153 Å². The average Bonchev–Trinajstić information content (AvgIpc) is 3.21. The van der Waals surface area contributed by atoms with E-state index in [2.05, 4.69) is 28.7 Å². The maximum Gasteiger partial charge on any atom is 0.194 e. The second-order valence-electron chi connectivity index (χ2n) is 6.92. The van der Waals surface area contributed by atoms with Gasteiger partial charge in [0.15, 0.2) is 5.79 Å². The van der Waals surface area contributed by atoms with Gasteiger partial charge in [-0.2, -0.15) is 5.26 Å². The Morgan fingerprint density at radius 1 is 1.25 bits per heavy atom. The number of aromatic hydroxyl groups is 1. The van der Waals surface area contributed by atoms with Crippen LogP contribution in [-0.4, -0.2) is 30.2 Å². The van der Waals surface area contributed by atoms with Gasteiger partial charge in [-0.1, -0.05) is 0 Å². The van der Waals surface area contributed by atoms with Crippen LogP contribution in [0.4, 0.5) is 0 Å². The molecule has 3 atom stereocenters. The van der Waals surface area contributed by atoms with E-state index in [0.717, 1.165) is 26.7 Å². The molecule has 0 aromatic heterocycles. The van der Waals surface area contributed by atoms with Crippen molar-refractivity contribution >= 4 is 22.6 Å². The van der Waals surface area contributed by atoms with Crippen molar-refractivity contribution in [3.63, 3.8) is 0 Å². The quantitative estimate of drug-likeness (QED) is 0.633. The topological polar surface area (TPSA) is 71.7 Å². The standard InChI is InChI=1S/C18H16INO4/c19-13-5-10-6-15-16-12(8-22-15)18(23-3-4-24-18)2-1-17(16,9-20)11(10)7-14(13)21/h5,7-8,15-16,21H,1-4,6H2/t15-,16-,17-/m1/s1. The third kappa shape index (κ3) is 1.70. The molecule has 1 spiro atoms. The number of phenols is 1. The minimum atomic E-state index is -0.720. The number of phenolic OH excluding ortho intramolecular Hbond substituents is 1. The van der Waals surface area contributed by atoms with Gasteiger partial charge in [0.25, 0.3) is 0 Å². The monoisotopic (exact) mass is 437 g/mol. The molecule has 1 N–H and O–H groups in total. The van der Waals surface area contributed by atoms with Crippen LogP contribution in [0.15, 0.2) is 24.0 Å². The Hall–Kier alpha value is -1.30. The molecule has 124 valence electrons. The Morgan fingerprint density at radius 3 is 2.79 bits per heavy atom. The largest absolute Gasteiger partial charge is 0.507 e. The van der Waals surface area contributed by atoms with Gasteiger partial charge in [-0.3, -0.25) is 0 Å². The van der Waals surface area contributed by atoms with E-state index in [9.17, 15) is 10.4 Å². The maximum absolute atomic E-state index is 10.2. The van der Waals surface area contributed by atoms with Crippen molar-refractivity contribution in [2.24, 2.45) is 5.92 Å². The van der Waals surface area contributed by atoms with E-state index in [4.69, 9.17) is 14.2 Å². The Bertz CT molecular complexity index is 808. The predicted molar refractivity (Wildman–Crippen MR) is 92.1 cm³/mol. The number of halogens is 1. The highest BCUT2D eigenvalue weighted by molar-refractivity contribution is 14.1. The van der Waals surface area contributed by atoms with Crippen molar-refractivity contribution in [1.82, 2.24) is 0 Å². The van der Waals surface area contributed by atoms with E-state index in [0.29, 0.717) is 26.1 Å². The van der Waals surface area contributed by atoms with Gasteiger partial charge in [0.1, 0.15) is 11.9 Å². The highest BCUT2D eigenvalue weighted by Crippen LogP contribution is 2.60. The van der Waals surface area contributed by atoms with Gasteiger partial charge >= 0.3 is 0 Å². The summed E-state index contributed by atoms with van der Waals surface area (Å²) in [5.74, 6) is -0.565. The molecule has 6 heteroatoms. The third-order valence-corrected chi connectivity index (χ3v) is 6.79. The summed E-state index contributed by atoms with van der Waals surface area (Å²) in [5, 5.41) is 20.4. The van der Waals surface area contributed by atoms with Crippen molar-refractivity contribution in [3.05, 3.63) is 38.7 Å². The molecule has 2 aliphatic heterocycles. The maximum atomic E-state index is 10.2. The van der Waals surface area contributed by atoms with E-state index in [1.54, 1.807) is 12.3 Å². The van der Waals surface area contributed by atoms with E-state index in [-0.39, 0.29) is 17.8 Å². The molecule has 2 aliphatic carbocycles. The summed E-state index contributed by atoms with van der Waals surface area (Å²) < 4.78 is 18.7. The van der Waals surface area contributed by atoms with Crippen LogP contribution in [0.1, 0.15) is 24.0 Å². The van der Waals surface area contributed by atoms with Gasteiger partial charge in [0, 0.05) is 24.3 Å². The van der Waals surface area contributed by atoms with Gasteiger partial charge in [-0.05, 0) is 52.3 Å². The molecule has 0 bridgehead atoms. The lowest BCUT2D eigenvalue weighted by atomic mass is 9.55. The van der Waals surface area contributed by atoms with E-state index in [1.165, 1.54) is 0 Å². The fourth-order valence-electron chi connectivity index (χ4n) is 4.91. The SMILES string of the molecule is N#C[C@]12CCC3(OCCO3)C3=CO[C@H](Cc4cc(I)c(O)cc41)[C@@H]32. The molecule has 24 heavy (non-hydrogen) atoms. The minimum Gasteiger partial charge on any atom is -0.507 e. The van der Waals surface area contributed by atoms with Crippen molar-refractivity contribution in [3.8, 4) is 11.8 Å². The number of rotatable bonds is 0. The second-order valence-corrected chi connectivity index (χ2v) is 8.09. The van der Waals surface area contributed by atoms with Gasteiger partial charge in [0.2, 0.25) is 0 Å². The van der Waals surface area contributed by atoms with Gasteiger partial charge in [-0.25, -0.2) is 0 Å². The summed E-state index contributed by atoms with van der Waals surface area (Å²) in [5.41, 5.74) is 2.30. The Morgan fingerprint density at radius 2 is 2.04 bits per heavy atom. The average molecular weight is 437 g/mol. The molecule has 0 unspecified atom stereocenters. The van der Waals surface area contributed by atoms with Crippen LogP contribution in [0, 0.1) is 20.8 Å². The lowest BCUT2D eigenvalue weighted by Crippen LogP contribution is -2.54. The minimum absolute atomic E-state index is 0.0718. The van der Waals surface area contributed by atoms with Gasteiger partial charge in [-0.15, -0.1) is 0 Å². The highest BCUT2D eigenvalue weighted by Gasteiger charge is 2.63. The molecular weight excluding hydrogens is 421 g/mol. The highest BCUT2D eigenvalue weighted by atomic mass is 127. The molecule has 1 saturated heterocycles. The summed E-state index contributed by atoms with van der Waals surface area (Å²) in [7, 11) is 0. The van der Waals surface area contributed by atoms with Crippen molar-refractivity contribution < 1.29 is 19.3 Å². The number of benzene rings is 1. The van der Waals surface area contributed by atoms with Crippen molar-refractivity contribution in [2.75, 3.05) is 13.2 Å². The zero-order valence-electron chi connectivity index (χ0n) is 12.9. The van der Waals surface area contributed by atoms with Crippen LogP contribution in [0.25, 0.3) is 0 Å². The molecule has 0 radical (unpaired) electrons. The number of nitriles is 1. The first-order valence-corrected chi connectivity index (χ1v) is 9.24. The zero-order chi connectivity index (χ0) is 16.5. The molecule has 2 heterocycles. The first-order chi connectivity index (χ1) is 11.6. The molecule has 0 amide bonds. The van der Waals surface area contributed by atoms with Crippen LogP contribution in [-0.2, 0) is 26.0 Å². The van der Waals surface area contributed by atoms with Crippen LogP contribution in [0.3, 0.4) is 0 Å². The van der Waals surface area contributed by atoms with Crippen LogP contribution < -0.4 is 0 Å². The first kappa shape index (κ1) is 15.0. The number of fused-ring (bicyclic) bond motifs is 3. The molecule has 1 saturated carbocycles. The zero-order valence-corrected chi connectivity index (χ0v) is 15.1.